The first kappa shape index (κ1) is 19.8. The first-order valence-electron chi connectivity index (χ1n) is 9.16. The summed E-state index contributed by atoms with van der Waals surface area (Å²) >= 11 is 0. The van der Waals surface area contributed by atoms with E-state index in [0.29, 0.717) is 12.1 Å². The van der Waals surface area contributed by atoms with Crippen LogP contribution in [-0.2, 0) is 19.6 Å². The Kier molecular flexibility index (Phi) is 6.13. The van der Waals surface area contributed by atoms with E-state index in [1.165, 1.54) is 6.07 Å². The highest BCUT2D eigenvalue weighted by Gasteiger charge is 2.32. The fraction of sp³-hybridized carbons (Fsp3) is 0.556. The number of aliphatic imine (C=N–C) groups is 1. The van der Waals surface area contributed by atoms with Crippen LogP contribution in [0.2, 0.25) is 0 Å². The van der Waals surface area contributed by atoms with Gasteiger partial charge in [-0.05, 0) is 18.1 Å². The van der Waals surface area contributed by atoms with Crippen molar-refractivity contribution in [3.8, 4) is 0 Å². The van der Waals surface area contributed by atoms with Gasteiger partial charge in [0.15, 0.2) is 0 Å². The summed E-state index contributed by atoms with van der Waals surface area (Å²) in [5, 5.41) is 2.92. The summed E-state index contributed by atoms with van der Waals surface area (Å²) in [6.07, 6.45) is 0. The lowest BCUT2D eigenvalue weighted by Crippen LogP contribution is -2.44. The standard InChI is InChI=1S/C18H26N4O4S/c1-13(2)16(18(23)19-7-8-22-9-11-26-12-10-22)20-17-14-5-3-4-6-15(14)27(24,25)21-17/h3-6,13,16H,7-12H2,1-2H3,(H,19,23)(H,20,21)/t16-/m0/s1. The number of hydrogen-bond donors (Lipinski definition) is 2. The summed E-state index contributed by atoms with van der Waals surface area (Å²) in [5.74, 6) is -0.0416. The summed E-state index contributed by atoms with van der Waals surface area (Å²) in [4.78, 5) is 19.5. The third-order valence-electron chi connectivity index (χ3n) is 4.66. The molecule has 0 unspecified atom stereocenters. The Morgan fingerprint density at radius 2 is 2.00 bits per heavy atom. The van der Waals surface area contributed by atoms with E-state index in [2.05, 4.69) is 19.9 Å². The van der Waals surface area contributed by atoms with Gasteiger partial charge in [0.2, 0.25) is 5.91 Å². The number of amidine groups is 1. The van der Waals surface area contributed by atoms with Gasteiger partial charge in [-0.25, -0.2) is 8.42 Å². The topological polar surface area (TPSA) is 100 Å². The number of rotatable bonds is 6. The molecule has 1 aromatic carbocycles. The van der Waals surface area contributed by atoms with Crippen LogP contribution in [0.3, 0.4) is 0 Å². The molecule has 2 heterocycles. The van der Waals surface area contributed by atoms with Crippen LogP contribution in [0, 0.1) is 5.92 Å². The molecule has 8 nitrogen and oxygen atoms in total. The van der Waals surface area contributed by atoms with Gasteiger partial charge in [-0.3, -0.25) is 19.4 Å². The van der Waals surface area contributed by atoms with E-state index in [1.54, 1.807) is 18.2 Å². The van der Waals surface area contributed by atoms with Crippen molar-refractivity contribution in [2.75, 3.05) is 39.4 Å². The molecule has 1 atom stereocenters. The second kappa shape index (κ2) is 8.37. The largest absolute Gasteiger partial charge is 0.379 e. The van der Waals surface area contributed by atoms with Crippen molar-refractivity contribution in [1.29, 1.82) is 0 Å². The zero-order chi connectivity index (χ0) is 19.4. The molecule has 2 aliphatic rings. The highest BCUT2D eigenvalue weighted by molar-refractivity contribution is 7.90. The molecular formula is C18H26N4O4S. The lowest BCUT2D eigenvalue weighted by Gasteiger charge is -2.26. The van der Waals surface area contributed by atoms with Gasteiger partial charge in [-0.15, -0.1) is 0 Å². The number of hydrogen-bond acceptors (Lipinski definition) is 6. The fourth-order valence-electron chi connectivity index (χ4n) is 3.15. The molecule has 3 rings (SSSR count). The Balaban J connectivity index is 1.68. The van der Waals surface area contributed by atoms with Gasteiger partial charge >= 0.3 is 0 Å². The van der Waals surface area contributed by atoms with Crippen LogP contribution in [0.4, 0.5) is 0 Å². The molecule has 0 saturated carbocycles. The smallest absolute Gasteiger partial charge is 0.263 e. The molecule has 2 N–H and O–H groups in total. The quantitative estimate of drug-likeness (QED) is 0.718. The molecule has 0 radical (unpaired) electrons. The van der Waals surface area contributed by atoms with Gasteiger partial charge in [0, 0.05) is 31.7 Å². The monoisotopic (exact) mass is 394 g/mol. The molecule has 1 saturated heterocycles. The number of carbonyl (C=O) groups excluding carboxylic acids is 1. The van der Waals surface area contributed by atoms with Crippen molar-refractivity contribution in [3.05, 3.63) is 29.8 Å². The van der Waals surface area contributed by atoms with E-state index in [4.69, 9.17) is 4.74 Å². The normalized spacial score (nSPS) is 21.7. The van der Waals surface area contributed by atoms with Gasteiger partial charge in [0.05, 0.1) is 18.1 Å². The van der Waals surface area contributed by atoms with Crippen LogP contribution in [-0.4, -0.2) is 70.5 Å². The lowest BCUT2D eigenvalue weighted by molar-refractivity contribution is -0.123. The third-order valence-corrected chi connectivity index (χ3v) is 6.06. The number of morpholine rings is 1. The maximum Gasteiger partial charge on any atom is 0.263 e. The first-order valence-corrected chi connectivity index (χ1v) is 10.6. The molecule has 0 aromatic heterocycles. The number of amides is 1. The maximum atomic E-state index is 12.6. The van der Waals surface area contributed by atoms with Crippen molar-refractivity contribution in [3.63, 3.8) is 0 Å². The molecule has 2 aliphatic heterocycles. The molecule has 1 fully saturated rings. The number of ether oxygens (including phenoxy) is 1. The number of nitrogens with zero attached hydrogens (tertiary/aromatic N) is 2. The fourth-order valence-corrected chi connectivity index (χ4v) is 4.38. The summed E-state index contributed by atoms with van der Waals surface area (Å²) < 4.78 is 32.2. The minimum absolute atomic E-state index is 0.0712. The van der Waals surface area contributed by atoms with E-state index in [-0.39, 0.29) is 22.6 Å². The first-order chi connectivity index (χ1) is 12.9. The molecule has 9 heteroatoms. The summed E-state index contributed by atoms with van der Waals surface area (Å²) in [6.45, 7) is 8.23. The van der Waals surface area contributed by atoms with Crippen LogP contribution in [0.1, 0.15) is 19.4 Å². The number of nitrogens with one attached hydrogen (secondary N) is 2. The Bertz CT molecular complexity index is 816. The second-order valence-electron chi connectivity index (χ2n) is 7.01. The minimum Gasteiger partial charge on any atom is -0.379 e. The average Bonchev–Trinajstić information content (AvgIpc) is 2.91. The molecule has 148 valence electrons. The highest BCUT2D eigenvalue weighted by Crippen LogP contribution is 2.23. The zero-order valence-electron chi connectivity index (χ0n) is 15.6. The zero-order valence-corrected chi connectivity index (χ0v) is 16.5. The van der Waals surface area contributed by atoms with Crippen LogP contribution < -0.4 is 10.0 Å². The molecule has 0 spiro atoms. The van der Waals surface area contributed by atoms with E-state index >= 15 is 0 Å². The molecule has 0 bridgehead atoms. The Labute approximate surface area is 160 Å². The molecular weight excluding hydrogens is 368 g/mol. The van der Waals surface area contributed by atoms with Gasteiger partial charge in [0.25, 0.3) is 10.0 Å². The Morgan fingerprint density at radius 1 is 1.30 bits per heavy atom. The average molecular weight is 394 g/mol. The van der Waals surface area contributed by atoms with Gasteiger partial charge < -0.3 is 10.1 Å². The van der Waals surface area contributed by atoms with E-state index in [0.717, 1.165) is 32.8 Å². The van der Waals surface area contributed by atoms with Crippen LogP contribution >= 0.6 is 0 Å². The maximum absolute atomic E-state index is 12.6. The Morgan fingerprint density at radius 3 is 2.70 bits per heavy atom. The van der Waals surface area contributed by atoms with Gasteiger partial charge in [-0.2, -0.15) is 0 Å². The summed E-state index contributed by atoms with van der Waals surface area (Å²) in [5.41, 5.74) is 0.504. The van der Waals surface area contributed by atoms with Crippen LogP contribution in [0.25, 0.3) is 0 Å². The van der Waals surface area contributed by atoms with E-state index in [1.807, 2.05) is 13.8 Å². The van der Waals surface area contributed by atoms with E-state index in [9.17, 15) is 13.2 Å². The number of carbonyl (C=O) groups is 1. The highest BCUT2D eigenvalue weighted by atomic mass is 32.2. The number of fused-ring (bicyclic) bond motifs is 1. The SMILES string of the molecule is CC(C)[C@H](N=C1NS(=O)(=O)c2ccccc21)C(=O)NCCN1CCOCC1. The summed E-state index contributed by atoms with van der Waals surface area (Å²) in [6, 6.07) is 5.98. The Hall–Kier alpha value is -1.97. The number of benzene rings is 1. The van der Waals surface area contributed by atoms with Crippen LogP contribution in [0.5, 0.6) is 0 Å². The molecule has 0 aliphatic carbocycles. The van der Waals surface area contributed by atoms with Crippen molar-refractivity contribution in [1.82, 2.24) is 14.9 Å². The van der Waals surface area contributed by atoms with Gasteiger partial charge in [-0.1, -0.05) is 26.0 Å². The van der Waals surface area contributed by atoms with Crippen molar-refractivity contribution in [2.24, 2.45) is 10.9 Å². The second-order valence-corrected chi connectivity index (χ2v) is 8.66. The van der Waals surface area contributed by atoms with Crippen molar-refractivity contribution < 1.29 is 17.9 Å². The lowest BCUT2D eigenvalue weighted by atomic mass is 10.0. The minimum atomic E-state index is -3.61. The predicted octanol–water partition coefficient (Wildman–Crippen LogP) is 0.198. The summed E-state index contributed by atoms with van der Waals surface area (Å²) in [7, 11) is -3.61. The predicted molar refractivity (Wildman–Crippen MR) is 102 cm³/mol. The third kappa shape index (κ3) is 4.66. The van der Waals surface area contributed by atoms with Crippen molar-refractivity contribution >= 4 is 21.8 Å². The van der Waals surface area contributed by atoms with Crippen LogP contribution in [0.15, 0.2) is 34.2 Å². The number of sulfonamides is 1. The molecule has 27 heavy (non-hydrogen) atoms. The van der Waals surface area contributed by atoms with E-state index < -0.39 is 16.1 Å². The van der Waals surface area contributed by atoms with Crippen molar-refractivity contribution in [2.45, 2.75) is 24.8 Å². The van der Waals surface area contributed by atoms with Gasteiger partial charge in [0.1, 0.15) is 11.9 Å². The molecule has 1 aromatic rings. The molecule has 1 amide bonds.